The Balaban J connectivity index is 1.95. The van der Waals surface area contributed by atoms with E-state index in [1.807, 2.05) is 6.07 Å². The van der Waals surface area contributed by atoms with E-state index >= 15 is 0 Å². The molecular formula is C15H19N3O. The number of hydrogen-bond acceptors (Lipinski definition) is 3. The molecule has 100 valence electrons. The van der Waals surface area contributed by atoms with Crippen LogP contribution in [0.15, 0.2) is 18.2 Å². The molecule has 1 heterocycles. The number of nitrogens with one attached hydrogen (secondary N) is 1. The number of amides is 1. The number of hydrogen-bond donors (Lipinski definition) is 1. The van der Waals surface area contributed by atoms with Crippen LogP contribution in [0.3, 0.4) is 0 Å². The third kappa shape index (κ3) is 3.80. The summed E-state index contributed by atoms with van der Waals surface area (Å²) >= 11 is 0. The third-order valence-corrected chi connectivity index (χ3v) is 3.35. The lowest BCUT2D eigenvalue weighted by Crippen LogP contribution is -2.21. The molecule has 0 bridgehead atoms. The number of carbonyl (C=O) groups is 1. The molecular weight excluding hydrogens is 238 g/mol. The standard InChI is InChI=1S/C15H19N3O/c1-18(9-3-2-8-16)11-12-4-6-14-13(10-12)5-7-15(19)17-14/h4,6,10H,2-3,5,7,9,11H2,1H3,(H,17,19). The van der Waals surface area contributed by atoms with E-state index < -0.39 is 0 Å². The fourth-order valence-corrected chi connectivity index (χ4v) is 2.35. The van der Waals surface area contributed by atoms with Crippen molar-refractivity contribution in [3.63, 3.8) is 0 Å². The minimum absolute atomic E-state index is 0.105. The highest BCUT2D eigenvalue weighted by atomic mass is 16.1. The lowest BCUT2D eigenvalue weighted by molar-refractivity contribution is -0.116. The van der Waals surface area contributed by atoms with Gasteiger partial charge in [-0.3, -0.25) is 4.79 Å². The van der Waals surface area contributed by atoms with Crippen LogP contribution in [0.25, 0.3) is 0 Å². The first-order valence-corrected chi connectivity index (χ1v) is 6.66. The molecule has 0 atom stereocenters. The van der Waals surface area contributed by atoms with E-state index in [0.29, 0.717) is 12.8 Å². The van der Waals surface area contributed by atoms with Crippen molar-refractivity contribution in [3.8, 4) is 6.07 Å². The zero-order valence-electron chi connectivity index (χ0n) is 11.3. The molecule has 0 aromatic heterocycles. The minimum Gasteiger partial charge on any atom is -0.326 e. The van der Waals surface area contributed by atoms with E-state index in [4.69, 9.17) is 5.26 Å². The van der Waals surface area contributed by atoms with Crippen molar-refractivity contribution >= 4 is 11.6 Å². The first-order valence-electron chi connectivity index (χ1n) is 6.66. The lowest BCUT2D eigenvalue weighted by Gasteiger charge is -2.20. The number of nitriles is 1. The molecule has 2 rings (SSSR count). The van der Waals surface area contributed by atoms with Gasteiger partial charge in [0.2, 0.25) is 5.91 Å². The van der Waals surface area contributed by atoms with Gasteiger partial charge in [0, 0.05) is 25.1 Å². The van der Waals surface area contributed by atoms with Gasteiger partial charge in [0.15, 0.2) is 0 Å². The van der Waals surface area contributed by atoms with Gasteiger partial charge in [-0.05, 0) is 43.6 Å². The molecule has 0 aliphatic carbocycles. The molecule has 1 aromatic rings. The highest BCUT2D eigenvalue weighted by Gasteiger charge is 2.14. The maximum absolute atomic E-state index is 11.3. The summed E-state index contributed by atoms with van der Waals surface area (Å²) in [4.78, 5) is 13.5. The third-order valence-electron chi connectivity index (χ3n) is 3.35. The fourth-order valence-electron chi connectivity index (χ4n) is 2.35. The molecule has 1 aliphatic heterocycles. The highest BCUT2D eigenvalue weighted by molar-refractivity contribution is 5.93. The summed E-state index contributed by atoms with van der Waals surface area (Å²) in [5.41, 5.74) is 3.43. The Morgan fingerprint density at radius 2 is 2.26 bits per heavy atom. The van der Waals surface area contributed by atoms with Crippen molar-refractivity contribution in [2.24, 2.45) is 0 Å². The summed E-state index contributed by atoms with van der Waals surface area (Å²) in [7, 11) is 2.07. The smallest absolute Gasteiger partial charge is 0.224 e. The lowest BCUT2D eigenvalue weighted by atomic mass is 10.0. The van der Waals surface area contributed by atoms with Gasteiger partial charge in [0.05, 0.1) is 6.07 Å². The Morgan fingerprint density at radius 3 is 3.05 bits per heavy atom. The van der Waals surface area contributed by atoms with Crippen LogP contribution < -0.4 is 5.32 Å². The van der Waals surface area contributed by atoms with Crippen LogP contribution in [0.5, 0.6) is 0 Å². The van der Waals surface area contributed by atoms with Crippen molar-refractivity contribution in [3.05, 3.63) is 29.3 Å². The van der Waals surface area contributed by atoms with Crippen LogP contribution in [0, 0.1) is 11.3 Å². The van der Waals surface area contributed by atoms with Gasteiger partial charge in [-0.1, -0.05) is 12.1 Å². The summed E-state index contributed by atoms with van der Waals surface area (Å²) in [6, 6.07) is 8.39. The average molecular weight is 257 g/mol. The first kappa shape index (κ1) is 13.6. The predicted molar refractivity (Wildman–Crippen MR) is 74.6 cm³/mol. The molecule has 1 N–H and O–H groups in total. The average Bonchev–Trinajstić information content (AvgIpc) is 2.39. The first-order chi connectivity index (χ1) is 9.19. The Morgan fingerprint density at radius 1 is 1.42 bits per heavy atom. The van der Waals surface area contributed by atoms with Gasteiger partial charge < -0.3 is 10.2 Å². The molecule has 19 heavy (non-hydrogen) atoms. The number of aryl methyl sites for hydroxylation is 1. The summed E-state index contributed by atoms with van der Waals surface area (Å²) in [6.45, 7) is 1.81. The van der Waals surface area contributed by atoms with E-state index in [2.05, 4.69) is 35.5 Å². The summed E-state index contributed by atoms with van der Waals surface area (Å²) < 4.78 is 0. The van der Waals surface area contributed by atoms with Gasteiger partial charge in [0.1, 0.15) is 0 Å². The van der Waals surface area contributed by atoms with E-state index in [1.165, 1.54) is 11.1 Å². The second-order valence-corrected chi connectivity index (χ2v) is 5.04. The quantitative estimate of drug-likeness (QED) is 0.823. The van der Waals surface area contributed by atoms with Crippen molar-refractivity contribution < 1.29 is 4.79 Å². The van der Waals surface area contributed by atoms with Crippen molar-refractivity contribution in [1.29, 1.82) is 5.26 Å². The maximum atomic E-state index is 11.3. The van der Waals surface area contributed by atoms with Crippen LogP contribution >= 0.6 is 0 Å². The molecule has 0 radical (unpaired) electrons. The van der Waals surface area contributed by atoms with Gasteiger partial charge in [-0.25, -0.2) is 0 Å². The van der Waals surface area contributed by atoms with Crippen LogP contribution in [0.4, 0.5) is 5.69 Å². The minimum atomic E-state index is 0.105. The van der Waals surface area contributed by atoms with Gasteiger partial charge in [0.25, 0.3) is 0 Å². The number of rotatable bonds is 5. The molecule has 1 aliphatic rings. The number of nitrogens with zero attached hydrogens (tertiary/aromatic N) is 2. The maximum Gasteiger partial charge on any atom is 0.224 e. The molecule has 1 amide bonds. The van der Waals surface area contributed by atoms with E-state index in [0.717, 1.165) is 31.6 Å². The van der Waals surface area contributed by atoms with Crippen LogP contribution in [0.1, 0.15) is 30.4 Å². The zero-order valence-corrected chi connectivity index (χ0v) is 11.3. The Bertz CT molecular complexity index is 505. The van der Waals surface area contributed by atoms with Crippen molar-refractivity contribution in [2.75, 3.05) is 18.9 Å². The molecule has 0 saturated heterocycles. The van der Waals surface area contributed by atoms with Crippen LogP contribution in [-0.2, 0) is 17.8 Å². The number of carbonyl (C=O) groups excluding carboxylic acids is 1. The fraction of sp³-hybridized carbons (Fsp3) is 0.467. The van der Waals surface area contributed by atoms with Gasteiger partial charge in [-0.2, -0.15) is 5.26 Å². The van der Waals surface area contributed by atoms with E-state index in [9.17, 15) is 4.79 Å². The topological polar surface area (TPSA) is 56.1 Å². The van der Waals surface area contributed by atoms with E-state index in [1.54, 1.807) is 0 Å². The molecule has 0 fully saturated rings. The van der Waals surface area contributed by atoms with Crippen molar-refractivity contribution in [2.45, 2.75) is 32.2 Å². The van der Waals surface area contributed by atoms with Crippen LogP contribution in [0.2, 0.25) is 0 Å². The molecule has 0 saturated carbocycles. The summed E-state index contributed by atoms with van der Waals surface area (Å²) in [5, 5.41) is 11.4. The molecule has 0 unspecified atom stereocenters. The van der Waals surface area contributed by atoms with Crippen LogP contribution in [-0.4, -0.2) is 24.4 Å². The molecule has 4 nitrogen and oxygen atoms in total. The molecule has 4 heteroatoms. The number of benzene rings is 1. The summed E-state index contributed by atoms with van der Waals surface area (Å²) in [6.07, 6.45) is 2.93. The molecule has 1 aromatic carbocycles. The second-order valence-electron chi connectivity index (χ2n) is 5.04. The van der Waals surface area contributed by atoms with Gasteiger partial charge >= 0.3 is 0 Å². The summed E-state index contributed by atoms with van der Waals surface area (Å²) in [5.74, 6) is 0.105. The number of unbranched alkanes of at least 4 members (excludes halogenated alkanes) is 1. The molecule has 0 spiro atoms. The SMILES string of the molecule is CN(CCCC#N)Cc1ccc2c(c1)CCC(=O)N2. The zero-order chi connectivity index (χ0) is 13.7. The largest absolute Gasteiger partial charge is 0.326 e. The highest BCUT2D eigenvalue weighted by Crippen LogP contribution is 2.23. The predicted octanol–water partition coefficient (Wildman–Crippen LogP) is 2.31. The Labute approximate surface area is 114 Å². The normalized spacial score (nSPS) is 13.8. The van der Waals surface area contributed by atoms with Gasteiger partial charge in [-0.15, -0.1) is 0 Å². The van der Waals surface area contributed by atoms with Crippen molar-refractivity contribution in [1.82, 2.24) is 4.90 Å². The number of fused-ring (bicyclic) bond motifs is 1. The number of anilines is 1. The van der Waals surface area contributed by atoms with E-state index in [-0.39, 0.29) is 5.91 Å². The Hall–Kier alpha value is -1.86. The second kappa shape index (κ2) is 6.35. The monoisotopic (exact) mass is 257 g/mol. The Kier molecular flexibility index (Phi) is 4.53.